The van der Waals surface area contributed by atoms with Gasteiger partial charge in [0.2, 0.25) is 5.91 Å². The van der Waals surface area contributed by atoms with Crippen LogP contribution in [0.25, 0.3) is 20.8 Å². The van der Waals surface area contributed by atoms with Crippen LogP contribution in [-0.2, 0) is 27.5 Å². The monoisotopic (exact) mass is 468 g/mol. The van der Waals surface area contributed by atoms with Crippen molar-refractivity contribution in [2.75, 3.05) is 11.1 Å². The highest BCUT2D eigenvalue weighted by molar-refractivity contribution is 7.92. The number of aromatic nitrogens is 1. The third kappa shape index (κ3) is 4.03. The molecule has 0 unspecified atom stereocenters. The number of para-hydroxylation sites is 1. The van der Waals surface area contributed by atoms with Gasteiger partial charge in [0, 0.05) is 10.4 Å². The number of thiophene rings is 1. The number of nitrogens with zero attached hydrogens (tertiary/aromatic N) is 1. The van der Waals surface area contributed by atoms with E-state index >= 15 is 0 Å². The van der Waals surface area contributed by atoms with Gasteiger partial charge in [-0.1, -0.05) is 30.3 Å². The second-order valence-electron chi connectivity index (χ2n) is 7.52. The molecule has 31 heavy (non-hydrogen) atoms. The van der Waals surface area contributed by atoms with Crippen LogP contribution in [0.5, 0.6) is 0 Å². The van der Waals surface area contributed by atoms with Crippen LogP contribution in [-0.4, -0.2) is 25.1 Å². The molecule has 2 aromatic carbocycles. The number of carbonyl (C=O) groups excluding carboxylic acids is 1. The number of aryl methyl sites for hydroxylation is 1. The minimum atomic E-state index is -3.70. The molecular formula is C23H20N2O3S3. The minimum absolute atomic E-state index is 0.155. The molecule has 2 aromatic heterocycles. The number of nitrogens with one attached hydrogen (secondary N) is 1. The lowest BCUT2D eigenvalue weighted by Crippen LogP contribution is -2.22. The van der Waals surface area contributed by atoms with E-state index in [4.69, 9.17) is 4.98 Å². The maximum atomic E-state index is 12.8. The van der Waals surface area contributed by atoms with Crippen LogP contribution >= 0.6 is 22.7 Å². The molecule has 4 aromatic rings. The van der Waals surface area contributed by atoms with Gasteiger partial charge in [-0.25, -0.2) is 13.4 Å². The Morgan fingerprint density at radius 2 is 1.71 bits per heavy atom. The van der Waals surface area contributed by atoms with E-state index < -0.39 is 21.5 Å². The van der Waals surface area contributed by atoms with Gasteiger partial charge in [-0.3, -0.25) is 4.79 Å². The molecule has 1 N–H and O–H groups in total. The summed E-state index contributed by atoms with van der Waals surface area (Å²) in [5.41, 5.74) is 3.14. The number of rotatable bonds is 5. The number of anilines is 1. The minimum Gasteiger partial charge on any atom is -0.316 e. The van der Waals surface area contributed by atoms with Gasteiger partial charge in [0.1, 0.15) is 15.8 Å². The SMILES string of the molecule is O=C(CS(=O)(=O)c1ccccc1)Nc1sc2c(c1-c1nc3ccccc3s1)CCCC2. The summed E-state index contributed by atoms with van der Waals surface area (Å²) in [5, 5.41) is 4.49. The normalized spacial score (nSPS) is 13.8. The van der Waals surface area contributed by atoms with Crippen molar-refractivity contribution in [1.82, 2.24) is 4.98 Å². The van der Waals surface area contributed by atoms with Gasteiger partial charge in [-0.05, 0) is 55.5 Å². The summed E-state index contributed by atoms with van der Waals surface area (Å²) in [6.45, 7) is 0. The molecule has 0 radical (unpaired) electrons. The number of amides is 1. The summed E-state index contributed by atoms with van der Waals surface area (Å²) in [4.78, 5) is 19.0. The molecule has 8 heteroatoms. The first-order valence-corrected chi connectivity index (χ1v) is 13.4. The Kier molecular flexibility index (Phi) is 5.37. The highest BCUT2D eigenvalue weighted by atomic mass is 32.2. The first-order chi connectivity index (χ1) is 15.0. The summed E-state index contributed by atoms with van der Waals surface area (Å²) < 4.78 is 26.4. The van der Waals surface area contributed by atoms with E-state index in [2.05, 4.69) is 5.32 Å². The Labute approximate surface area is 188 Å². The fourth-order valence-corrected chi connectivity index (χ4v) is 7.48. The molecule has 0 atom stereocenters. The van der Waals surface area contributed by atoms with Crippen LogP contribution in [0.2, 0.25) is 0 Å². The molecule has 1 aliphatic carbocycles. The van der Waals surface area contributed by atoms with Crippen molar-refractivity contribution in [1.29, 1.82) is 0 Å². The molecule has 0 saturated carbocycles. The van der Waals surface area contributed by atoms with Gasteiger partial charge < -0.3 is 5.32 Å². The van der Waals surface area contributed by atoms with Gasteiger partial charge in [-0.2, -0.15) is 0 Å². The highest BCUT2D eigenvalue weighted by Gasteiger charge is 2.26. The lowest BCUT2D eigenvalue weighted by atomic mass is 9.96. The smallest absolute Gasteiger partial charge is 0.240 e. The van der Waals surface area contributed by atoms with E-state index in [0.717, 1.165) is 46.5 Å². The summed E-state index contributed by atoms with van der Waals surface area (Å²) in [6.07, 6.45) is 4.17. The topological polar surface area (TPSA) is 76.1 Å². The average molecular weight is 469 g/mol. The Balaban J connectivity index is 1.49. The number of benzene rings is 2. The fraction of sp³-hybridized carbons (Fsp3) is 0.217. The second-order valence-corrected chi connectivity index (χ2v) is 11.6. The number of sulfone groups is 1. The molecule has 0 spiro atoms. The maximum absolute atomic E-state index is 12.8. The zero-order valence-electron chi connectivity index (χ0n) is 16.6. The van der Waals surface area contributed by atoms with E-state index in [0.29, 0.717) is 5.00 Å². The van der Waals surface area contributed by atoms with Crippen LogP contribution in [0.1, 0.15) is 23.3 Å². The standard InChI is InChI=1S/C23H20N2O3S3/c26-20(14-31(27,28)15-8-2-1-3-9-15)25-23-21(16-10-4-6-12-18(16)29-23)22-24-17-11-5-7-13-19(17)30-22/h1-3,5,7-9,11,13H,4,6,10,12,14H2,(H,25,26). The molecule has 0 fully saturated rings. The molecule has 1 amide bonds. The number of thiazole rings is 1. The molecule has 158 valence electrons. The molecule has 1 aliphatic rings. The summed E-state index contributed by atoms with van der Waals surface area (Å²) in [5.74, 6) is -1.11. The van der Waals surface area contributed by atoms with Crippen LogP contribution in [0, 0.1) is 0 Å². The van der Waals surface area contributed by atoms with E-state index in [-0.39, 0.29) is 4.90 Å². The quantitative estimate of drug-likeness (QED) is 0.430. The largest absolute Gasteiger partial charge is 0.316 e. The fourth-order valence-electron chi connectivity index (χ4n) is 3.91. The van der Waals surface area contributed by atoms with Crippen molar-refractivity contribution in [2.24, 2.45) is 0 Å². The van der Waals surface area contributed by atoms with Gasteiger partial charge in [0.15, 0.2) is 9.84 Å². The highest BCUT2D eigenvalue weighted by Crippen LogP contribution is 2.46. The molecule has 2 heterocycles. The van der Waals surface area contributed by atoms with E-state index in [1.807, 2.05) is 24.3 Å². The Hall–Kier alpha value is -2.55. The molecule has 0 saturated heterocycles. The summed E-state index contributed by atoms with van der Waals surface area (Å²) in [6, 6.07) is 16.1. The second kappa shape index (κ2) is 8.18. The predicted octanol–water partition coefficient (Wildman–Crippen LogP) is 5.32. The lowest BCUT2D eigenvalue weighted by molar-refractivity contribution is -0.113. The molecule has 0 bridgehead atoms. The van der Waals surface area contributed by atoms with Crippen LogP contribution in [0.3, 0.4) is 0 Å². The number of fused-ring (bicyclic) bond motifs is 2. The third-order valence-corrected chi connectivity index (χ3v) is 9.25. The van der Waals surface area contributed by atoms with Crippen molar-refractivity contribution >= 4 is 53.6 Å². The van der Waals surface area contributed by atoms with Crippen LogP contribution < -0.4 is 5.32 Å². The zero-order valence-corrected chi connectivity index (χ0v) is 19.1. The first-order valence-electron chi connectivity index (χ1n) is 10.1. The van der Waals surface area contributed by atoms with Crippen molar-refractivity contribution in [3.05, 3.63) is 65.0 Å². The van der Waals surface area contributed by atoms with Crippen molar-refractivity contribution in [3.63, 3.8) is 0 Å². The maximum Gasteiger partial charge on any atom is 0.240 e. The average Bonchev–Trinajstić information content (AvgIpc) is 3.34. The number of hydrogen-bond acceptors (Lipinski definition) is 6. The van der Waals surface area contributed by atoms with Gasteiger partial charge in [0.05, 0.1) is 15.1 Å². The molecule has 5 nitrogen and oxygen atoms in total. The number of carbonyl (C=O) groups is 1. The summed E-state index contributed by atoms with van der Waals surface area (Å²) in [7, 11) is -3.70. The third-order valence-electron chi connectivity index (χ3n) is 5.36. The van der Waals surface area contributed by atoms with Gasteiger partial charge in [0.25, 0.3) is 0 Å². The number of hydrogen-bond donors (Lipinski definition) is 1. The predicted molar refractivity (Wildman–Crippen MR) is 127 cm³/mol. The Morgan fingerprint density at radius 1 is 0.968 bits per heavy atom. The van der Waals surface area contributed by atoms with Crippen LogP contribution in [0.15, 0.2) is 59.5 Å². The summed E-state index contributed by atoms with van der Waals surface area (Å²) >= 11 is 3.16. The Morgan fingerprint density at radius 3 is 2.52 bits per heavy atom. The van der Waals surface area contributed by atoms with Crippen molar-refractivity contribution in [2.45, 2.75) is 30.6 Å². The van der Waals surface area contributed by atoms with Gasteiger partial charge in [-0.15, -0.1) is 22.7 Å². The van der Waals surface area contributed by atoms with E-state index in [9.17, 15) is 13.2 Å². The Bertz CT molecular complexity index is 1340. The lowest BCUT2D eigenvalue weighted by Gasteiger charge is -2.12. The van der Waals surface area contributed by atoms with E-state index in [1.54, 1.807) is 40.9 Å². The van der Waals surface area contributed by atoms with Gasteiger partial charge >= 0.3 is 0 Å². The molecule has 0 aliphatic heterocycles. The first kappa shape index (κ1) is 20.4. The van der Waals surface area contributed by atoms with Crippen molar-refractivity contribution in [3.8, 4) is 10.6 Å². The molecular weight excluding hydrogens is 448 g/mol. The van der Waals surface area contributed by atoms with Crippen LogP contribution in [0.4, 0.5) is 5.00 Å². The van der Waals surface area contributed by atoms with Crippen molar-refractivity contribution < 1.29 is 13.2 Å². The van der Waals surface area contributed by atoms with E-state index in [1.165, 1.54) is 22.6 Å². The zero-order chi connectivity index (χ0) is 21.4. The molecule has 5 rings (SSSR count).